The van der Waals surface area contributed by atoms with Crippen molar-refractivity contribution in [1.29, 1.82) is 0 Å². The lowest BCUT2D eigenvalue weighted by Crippen LogP contribution is -2.42. The van der Waals surface area contributed by atoms with Crippen molar-refractivity contribution in [2.45, 2.75) is 26.0 Å². The number of amides is 2. The second-order valence-electron chi connectivity index (χ2n) is 8.32. The zero-order valence-corrected chi connectivity index (χ0v) is 19.1. The number of nitrogens with zero attached hydrogens (tertiary/aromatic N) is 2. The van der Waals surface area contributed by atoms with Gasteiger partial charge in [0.1, 0.15) is 12.4 Å². The summed E-state index contributed by atoms with van der Waals surface area (Å²) < 4.78 is 5.75. The number of likely N-dealkylation sites (tertiary alicyclic amines) is 1. The third kappa shape index (κ3) is 6.78. The first-order valence-corrected chi connectivity index (χ1v) is 11.6. The van der Waals surface area contributed by atoms with E-state index in [0.29, 0.717) is 39.1 Å². The summed E-state index contributed by atoms with van der Waals surface area (Å²) in [4.78, 5) is 31.1. The van der Waals surface area contributed by atoms with Gasteiger partial charge in [-0.3, -0.25) is 14.6 Å². The lowest BCUT2D eigenvalue weighted by molar-refractivity contribution is -0.132. The molecule has 0 unspecified atom stereocenters. The minimum atomic E-state index is -0.0665. The quantitative estimate of drug-likeness (QED) is 0.516. The Morgan fingerprint density at radius 2 is 1.71 bits per heavy atom. The van der Waals surface area contributed by atoms with Crippen LogP contribution in [0.5, 0.6) is 5.75 Å². The smallest absolute Gasteiger partial charge is 0.246 e. The molecule has 34 heavy (non-hydrogen) atoms. The van der Waals surface area contributed by atoms with Crippen molar-refractivity contribution in [1.82, 2.24) is 15.2 Å². The third-order valence-corrected chi connectivity index (χ3v) is 5.90. The van der Waals surface area contributed by atoms with E-state index in [1.807, 2.05) is 83.8 Å². The molecule has 0 bridgehead atoms. The molecule has 1 aromatic heterocycles. The summed E-state index contributed by atoms with van der Waals surface area (Å²) in [7, 11) is 0. The average Bonchev–Trinajstić information content (AvgIpc) is 2.91. The zero-order valence-electron chi connectivity index (χ0n) is 19.1. The minimum absolute atomic E-state index is 0.00642. The largest absolute Gasteiger partial charge is 0.487 e. The van der Waals surface area contributed by atoms with Gasteiger partial charge in [-0.15, -0.1) is 0 Å². The molecule has 1 aliphatic rings. The topological polar surface area (TPSA) is 71.5 Å². The number of pyridine rings is 1. The molecule has 0 saturated carbocycles. The molecular formula is C28H29N3O3. The minimum Gasteiger partial charge on any atom is -0.487 e. The highest BCUT2D eigenvalue weighted by Crippen LogP contribution is 2.19. The van der Waals surface area contributed by atoms with Gasteiger partial charge in [0.05, 0.1) is 5.69 Å². The molecule has 2 aromatic carbocycles. The summed E-state index contributed by atoms with van der Waals surface area (Å²) in [5.41, 5.74) is 2.88. The van der Waals surface area contributed by atoms with Crippen LogP contribution in [0.25, 0.3) is 6.08 Å². The number of rotatable bonds is 8. The van der Waals surface area contributed by atoms with Crippen molar-refractivity contribution < 1.29 is 14.3 Å². The van der Waals surface area contributed by atoms with E-state index >= 15 is 0 Å². The lowest BCUT2D eigenvalue weighted by Gasteiger charge is -2.30. The maximum Gasteiger partial charge on any atom is 0.246 e. The summed E-state index contributed by atoms with van der Waals surface area (Å²) >= 11 is 0. The van der Waals surface area contributed by atoms with Crippen molar-refractivity contribution in [2.75, 3.05) is 13.1 Å². The third-order valence-electron chi connectivity index (χ3n) is 5.90. The molecule has 1 fully saturated rings. The van der Waals surface area contributed by atoms with Crippen molar-refractivity contribution in [3.63, 3.8) is 0 Å². The molecule has 6 heteroatoms. The van der Waals surface area contributed by atoms with E-state index in [1.54, 1.807) is 12.3 Å². The number of piperidine rings is 1. The molecule has 0 aliphatic carbocycles. The van der Waals surface area contributed by atoms with E-state index in [9.17, 15) is 9.59 Å². The SMILES string of the molecule is O=C(NCc1ccc(OCc2ccccn2)cc1)C1CCN(C(=O)/C=C/c2ccccc2)CC1. The molecule has 6 nitrogen and oxygen atoms in total. The number of carbonyl (C=O) groups is 2. The van der Waals surface area contributed by atoms with Gasteiger partial charge in [0.15, 0.2) is 0 Å². The Bertz CT molecular complexity index is 1090. The first-order chi connectivity index (χ1) is 16.7. The van der Waals surface area contributed by atoms with E-state index < -0.39 is 0 Å². The van der Waals surface area contributed by atoms with Gasteiger partial charge >= 0.3 is 0 Å². The fourth-order valence-corrected chi connectivity index (χ4v) is 3.88. The van der Waals surface area contributed by atoms with Crippen molar-refractivity contribution in [3.8, 4) is 5.75 Å². The molecule has 0 radical (unpaired) electrons. The van der Waals surface area contributed by atoms with Crippen LogP contribution in [0, 0.1) is 5.92 Å². The van der Waals surface area contributed by atoms with Crippen LogP contribution in [0.2, 0.25) is 0 Å². The van der Waals surface area contributed by atoms with Crippen LogP contribution in [0.15, 0.2) is 85.1 Å². The summed E-state index contributed by atoms with van der Waals surface area (Å²) in [5, 5.41) is 3.03. The fraction of sp³-hybridized carbons (Fsp3) is 0.250. The van der Waals surface area contributed by atoms with Crippen LogP contribution in [0.4, 0.5) is 0 Å². The predicted octanol–water partition coefficient (Wildman–Crippen LogP) is 4.23. The highest BCUT2D eigenvalue weighted by atomic mass is 16.5. The van der Waals surface area contributed by atoms with Crippen LogP contribution >= 0.6 is 0 Å². The van der Waals surface area contributed by atoms with Gasteiger partial charge in [0.2, 0.25) is 11.8 Å². The first-order valence-electron chi connectivity index (χ1n) is 11.6. The summed E-state index contributed by atoms with van der Waals surface area (Å²) in [5.74, 6) is 0.734. The van der Waals surface area contributed by atoms with Crippen LogP contribution in [0.1, 0.15) is 29.7 Å². The van der Waals surface area contributed by atoms with Gasteiger partial charge in [-0.25, -0.2) is 0 Å². The van der Waals surface area contributed by atoms with Crippen molar-refractivity contribution in [2.24, 2.45) is 5.92 Å². The van der Waals surface area contributed by atoms with E-state index in [0.717, 1.165) is 22.6 Å². The highest BCUT2D eigenvalue weighted by molar-refractivity contribution is 5.92. The molecule has 0 atom stereocenters. The summed E-state index contributed by atoms with van der Waals surface area (Å²) in [6.07, 6.45) is 6.54. The second kappa shape index (κ2) is 11.8. The van der Waals surface area contributed by atoms with Crippen LogP contribution in [-0.2, 0) is 22.7 Å². The molecule has 1 aliphatic heterocycles. The lowest BCUT2D eigenvalue weighted by atomic mass is 9.95. The maximum absolute atomic E-state index is 12.6. The molecule has 1 N–H and O–H groups in total. The number of ether oxygens (including phenoxy) is 1. The van der Waals surface area contributed by atoms with Gasteiger partial charge in [-0.1, -0.05) is 48.5 Å². The molecule has 2 heterocycles. The van der Waals surface area contributed by atoms with Crippen molar-refractivity contribution >= 4 is 17.9 Å². The summed E-state index contributed by atoms with van der Waals surface area (Å²) in [6, 6.07) is 23.2. The number of hydrogen-bond acceptors (Lipinski definition) is 4. The number of carbonyl (C=O) groups excluding carboxylic acids is 2. The standard InChI is InChI=1S/C28H29N3O3/c32-27(14-11-22-6-2-1-3-7-22)31-18-15-24(16-19-31)28(33)30-20-23-9-12-26(13-10-23)34-21-25-8-4-5-17-29-25/h1-14,17,24H,15-16,18-21H2,(H,30,33)/b14-11+. The number of nitrogens with one attached hydrogen (secondary N) is 1. The Kier molecular flexibility index (Phi) is 8.06. The van der Waals surface area contributed by atoms with Crippen LogP contribution in [-0.4, -0.2) is 34.8 Å². The maximum atomic E-state index is 12.6. The van der Waals surface area contributed by atoms with Crippen LogP contribution in [0.3, 0.4) is 0 Å². The monoisotopic (exact) mass is 455 g/mol. The van der Waals surface area contributed by atoms with Crippen molar-refractivity contribution in [3.05, 3.63) is 102 Å². The molecular weight excluding hydrogens is 426 g/mol. The second-order valence-corrected chi connectivity index (χ2v) is 8.32. The summed E-state index contributed by atoms with van der Waals surface area (Å²) in [6.45, 7) is 2.08. The number of hydrogen-bond donors (Lipinski definition) is 1. The van der Waals surface area contributed by atoms with E-state index in [2.05, 4.69) is 10.3 Å². The Hall–Kier alpha value is -3.93. The molecule has 3 aromatic rings. The Labute approximate surface area is 200 Å². The van der Waals surface area contributed by atoms with E-state index in [-0.39, 0.29) is 17.7 Å². The number of benzene rings is 2. The average molecular weight is 456 g/mol. The van der Waals surface area contributed by atoms with Gasteiger partial charge in [-0.2, -0.15) is 0 Å². The Morgan fingerprint density at radius 3 is 2.41 bits per heavy atom. The molecule has 4 rings (SSSR count). The molecule has 174 valence electrons. The van der Waals surface area contributed by atoms with E-state index in [1.165, 1.54) is 0 Å². The Balaban J connectivity index is 1.17. The molecule has 2 amide bonds. The molecule has 1 saturated heterocycles. The number of aromatic nitrogens is 1. The van der Waals surface area contributed by atoms with Crippen LogP contribution < -0.4 is 10.1 Å². The zero-order chi connectivity index (χ0) is 23.6. The van der Waals surface area contributed by atoms with E-state index in [4.69, 9.17) is 4.74 Å². The predicted molar refractivity (Wildman–Crippen MR) is 132 cm³/mol. The van der Waals surface area contributed by atoms with Gasteiger partial charge < -0.3 is 15.0 Å². The van der Waals surface area contributed by atoms with Gasteiger partial charge in [0.25, 0.3) is 0 Å². The Morgan fingerprint density at radius 1 is 0.971 bits per heavy atom. The first kappa shape index (κ1) is 23.2. The molecule has 0 spiro atoms. The normalized spacial score (nSPS) is 14.2. The van der Waals surface area contributed by atoms with Gasteiger partial charge in [0, 0.05) is 37.8 Å². The van der Waals surface area contributed by atoms with Gasteiger partial charge in [-0.05, 0) is 54.3 Å². The highest BCUT2D eigenvalue weighted by Gasteiger charge is 2.26. The fourth-order valence-electron chi connectivity index (χ4n) is 3.88.